The Bertz CT molecular complexity index is 468. The molecule has 0 radical (unpaired) electrons. The van der Waals surface area contributed by atoms with Gasteiger partial charge in [0, 0.05) is 17.8 Å². The van der Waals surface area contributed by atoms with Crippen molar-refractivity contribution in [2.75, 3.05) is 0 Å². The molecule has 13 heavy (non-hydrogen) atoms. The van der Waals surface area contributed by atoms with Gasteiger partial charge >= 0.3 is 0 Å². The fraction of sp³-hybridized carbons (Fsp3) is 0. The van der Waals surface area contributed by atoms with Crippen LogP contribution in [0.2, 0.25) is 0 Å². The number of nitrogens with two attached hydrogens (primary N) is 1. The molecule has 0 fully saturated rings. The lowest BCUT2D eigenvalue weighted by Crippen LogP contribution is -2.11. The van der Waals surface area contributed by atoms with Crippen molar-refractivity contribution in [3.63, 3.8) is 0 Å². The number of hydrogen-bond donors (Lipinski definition) is 1. The molecule has 2 aromatic rings. The summed E-state index contributed by atoms with van der Waals surface area (Å²) < 4.78 is 0. The lowest BCUT2D eigenvalue weighted by molar-refractivity contribution is 0.1000. The van der Waals surface area contributed by atoms with Crippen molar-refractivity contribution in [3.05, 3.63) is 30.4 Å². The number of pyridine rings is 1. The summed E-state index contributed by atoms with van der Waals surface area (Å²) in [5.74, 6) is -0.502. The number of amides is 1. The number of carbonyl (C=O) groups is 1. The molecule has 0 aromatic carbocycles. The SMILES string of the molecule is NC(=O)c1cnc2ncncc2c1. The summed E-state index contributed by atoms with van der Waals surface area (Å²) in [7, 11) is 0. The lowest BCUT2D eigenvalue weighted by Gasteiger charge is -1.96. The maximum absolute atomic E-state index is 10.8. The van der Waals surface area contributed by atoms with Crippen LogP contribution < -0.4 is 5.73 Å². The van der Waals surface area contributed by atoms with Gasteiger partial charge in [-0.2, -0.15) is 0 Å². The summed E-state index contributed by atoms with van der Waals surface area (Å²) in [6.07, 6.45) is 4.39. The average molecular weight is 174 g/mol. The molecule has 0 aliphatic heterocycles. The van der Waals surface area contributed by atoms with E-state index < -0.39 is 5.91 Å². The van der Waals surface area contributed by atoms with E-state index in [4.69, 9.17) is 5.73 Å². The molecule has 5 heteroatoms. The third-order valence-electron chi connectivity index (χ3n) is 1.64. The molecule has 1 amide bonds. The number of carbonyl (C=O) groups excluding carboxylic acids is 1. The van der Waals surface area contributed by atoms with Crippen LogP contribution in [0.1, 0.15) is 10.4 Å². The van der Waals surface area contributed by atoms with Gasteiger partial charge in [-0.1, -0.05) is 0 Å². The molecule has 5 nitrogen and oxygen atoms in total. The highest BCUT2D eigenvalue weighted by atomic mass is 16.1. The molecule has 0 saturated heterocycles. The Balaban J connectivity index is 2.69. The standard InChI is InChI=1S/C8H6N4O/c9-7(13)5-1-6-2-10-4-12-8(6)11-3-5/h1-4H,(H2,9,13). The topological polar surface area (TPSA) is 81.8 Å². The Labute approximate surface area is 73.6 Å². The van der Waals surface area contributed by atoms with E-state index in [1.807, 2.05) is 0 Å². The minimum absolute atomic E-state index is 0.363. The van der Waals surface area contributed by atoms with E-state index in [9.17, 15) is 4.79 Å². The van der Waals surface area contributed by atoms with Crippen LogP contribution in [0.5, 0.6) is 0 Å². The summed E-state index contributed by atoms with van der Waals surface area (Å²) in [5.41, 5.74) is 6.00. The Hall–Kier alpha value is -2.04. The van der Waals surface area contributed by atoms with Gasteiger partial charge in [-0.25, -0.2) is 15.0 Å². The molecule has 0 unspecified atom stereocenters. The van der Waals surface area contributed by atoms with E-state index in [0.717, 1.165) is 0 Å². The Morgan fingerprint density at radius 3 is 2.92 bits per heavy atom. The fourth-order valence-electron chi connectivity index (χ4n) is 1.01. The lowest BCUT2D eigenvalue weighted by atomic mass is 10.2. The number of rotatable bonds is 1. The highest BCUT2D eigenvalue weighted by molar-refractivity contribution is 5.95. The molecule has 0 atom stereocenters. The fourth-order valence-corrected chi connectivity index (χ4v) is 1.01. The maximum Gasteiger partial charge on any atom is 0.250 e. The molecule has 2 heterocycles. The Morgan fingerprint density at radius 1 is 1.31 bits per heavy atom. The van der Waals surface area contributed by atoms with Crippen LogP contribution in [0.3, 0.4) is 0 Å². The van der Waals surface area contributed by atoms with Crippen LogP contribution in [0.15, 0.2) is 24.8 Å². The van der Waals surface area contributed by atoms with Crippen molar-refractivity contribution in [3.8, 4) is 0 Å². The van der Waals surface area contributed by atoms with Crippen molar-refractivity contribution >= 4 is 16.9 Å². The van der Waals surface area contributed by atoms with E-state index in [1.54, 1.807) is 12.3 Å². The van der Waals surface area contributed by atoms with Crippen LogP contribution in [0, 0.1) is 0 Å². The van der Waals surface area contributed by atoms with Crippen molar-refractivity contribution < 1.29 is 4.79 Å². The van der Waals surface area contributed by atoms with Gasteiger partial charge in [0.1, 0.15) is 6.33 Å². The highest BCUT2D eigenvalue weighted by Gasteiger charge is 2.02. The molecule has 2 rings (SSSR count). The first kappa shape index (κ1) is 7.60. The molecular weight excluding hydrogens is 168 g/mol. The number of hydrogen-bond acceptors (Lipinski definition) is 4. The smallest absolute Gasteiger partial charge is 0.250 e. The van der Waals surface area contributed by atoms with Gasteiger partial charge in [-0.05, 0) is 6.07 Å². The Morgan fingerprint density at radius 2 is 2.15 bits per heavy atom. The minimum atomic E-state index is -0.502. The van der Waals surface area contributed by atoms with Crippen LogP contribution in [0.4, 0.5) is 0 Å². The highest BCUT2D eigenvalue weighted by Crippen LogP contribution is 2.07. The zero-order valence-corrected chi connectivity index (χ0v) is 6.64. The van der Waals surface area contributed by atoms with Crippen molar-refractivity contribution in [1.29, 1.82) is 0 Å². The molecule has 0 saturated carbocycles. The van der Waals surface area contributed by atoms with Crippen LogP contribution in [-0.4, -0.2) is 20.9 Å². The van der Waals surface area contributed by atoms with Gasteiger partial charge in [0.15, 0.2) is 5.65 Å². The van der Waals surface area contributed by atoms with Crippen LogP contribution >= 0.6 is 0 Å². The second-order valence-electron chi connectivity index (χ2n) is 2.52. The van der Waals surface area contributed by atoms with E-state index in [2.05, 4.69) is 15.0 Å². The van der Waals surface area contributed by atoms with E-state index in [0.29, 0.717) is 16.6 Å². The molecule has 0 aliphatic rings. The number of fused-ring (bicyclic) bond motifs is 1. The summed E-state index contributed by atoms with van der Waals surface area (Å²) in [6, 6.07) is 1.62. The number of nitrogens with zero attached hydrogens (tertiary/aromatic N) is 3. The summed E-state index contributed by atoms with van der Waals surface area (Å²) in [5, 5.41) is 0.707. The molecule has 2 N–H and O–H groups in total. The van der Waals surface area contributed by atoms with Crippen molar-refractivity contribution in [2.45, 2.75) is 0 Å². The molecular formula is C8H6N4O. The average Bonchev–Trinajstić information content (AvgIpc) is 2.17. The first-order valence-corrected chi connectivity index (χ1v) is 3.63. The molecule has 0 aliphatic carbocycles. The van der Waals surface area contributed by atoms with Crippen molar-refractivity contribution in [2.24, 2.45) is 5.73 Å². The number of aromatic nitrogens is 3. The van der Waals surface area contributed by atoms with E-state index >= 15 is 0 Å². The predicted octanol–water partition coefficient (Wildman–Crippen LogP) is 0.124. The van der Waals surface area contributed by atoms with Gasteiger partial charge < -0.3 is 5.73 Å². The van der Waals surface area contributed by atoms with Crippen LogP contribution in [-0.2, 0) is 0 Å². The van der Waals surface area contributed by atoms with Gasteiger partial charge in [0.2, 0.25) is 5.91 Å². The van der Waals surface area contributed by atoms with Gasteiger partial charge in [-0.3, -0.25) is 4.79 Å². The van der Waals surface area contributed by atoms with Crippen molar-refractivity contribution in [1.82, 2.24) is 15.0 Å². The summed E-state index contributed by atoms with van der Waals surface area (Å²) in [6.45, 7) is 0. The van der Waals surface area contributed by atoms with Gasteiger partial charge in [0.05, 0.1) is 5.56 Å². The van der Waals surface area contributed by atoms with Crippen LogP contribution in [0.25, 0.3) is 11.0 Å². The zero-order chi connectivity index (χ0) is 9.26. The zero-order valence-electron chi connectivity index (χ0n) is 6.64. The third-order valence-corrected chi connectivity index (χ3v) is 1.64. The molecule has 0 spiro atoms. The molecule has 0 bridgehead atoms. The molecule has 64 valence electrons. The quantitative estimate of drug-likeness (QED) is 0.665. The van der Waals surface area contributed by atoms with E-state index in [1.165, 1.54) is 12.5 Å². The monoisotopic (exact) mass is 174 g/mol. The van der Waals surface area contributed by atoms with E-state index in [-0.39, 0.29) is 0 Å². The third kappa shape index (κ3) is 1.31. The number of primary amides is 1. The Kier molecular flexibility index (Phi) is 1.63. The second kappa shape index (κ2) is 2.78. The molecule has 2 aromatic heterocycles. The van der Waals surface area contributed by atoms with Gasteiger partial charge in [0.25, 0.3) is 0 Å². The summed E-state index contributed by atoms with van der Waals surface area (Å²) in [4.78, 5) is 22.5. The first-order valence-electron chi connectivity index (χ1n) is 3.63. The first-order chi connectivity index (χ1) is 6.27. The second-order valence-corrected chi connectivity index (χ2v) is 2.52. The maximum atomic E-state index is 10.8. The minimum Gasteiger partial charge on any atom is -0.366 e. The largest absolute Gasteiger partial charge is 0.366 e. The predicted molar refractivity (Wildman–Crippen MR) is 45.9 cm³/mol. The summed E-state index contributed by atoms with van der Waals surface area (Å²) >= 11 is 0. The van der Waals surface area contributed by atoms with Gasteiger partial charge in [-0.15, -0.1) is 0 Å². The normalized spacial score (nSPS) is 10.2.